The fourth-order valence-electron chi connectivity index (χ4n) is 0.781. The Labute approximate surface area is 52.0 Å². The molecule has 1 aliphatic rings. The molecule has 1 nitrogen and oxygen atoms in total. The molecular formula is C6H10OSi. The number of hydrogen-bond donors (Lipinski definition) is 0. The quantitative estimate of drug-likeness (QED) is 0.493. The van der Waals surface area contributed by atoms with Gasteiger partial charge in [0.15, 0.2) is 9.76 Å². The SMILES string of the molecule is CO[SiH2]C1C=CC=C1. The van der Waals surface area contributed by atoms with Crippen LogP contribution >= 0.6 is 0 Å². The smallest absolute Gasteiger partial charge is 0.171 e. The van der Waals surface area contributed by atoms with Crippen molar-refractivity contribution in [3.63, 3.8) is 0 Å². The van der Waals surface area contributed by atoms with E-state index in [4.69, 9.17) is 4.43 Å². The Morgan fingerprint density at radius 1 is 1.38 bits per heavy atom. The van der Waals surface area contributed by atoms with Crippen LogP contribution in [0, 0.1) is 0 Å². The lowest BCUT2D eigenvalue weighted by Gasteiger charge is -1.98. The van der Waals surface area contributed by atoms with E-state index in [1.807, 2.05) is 0 Å². The van der Waals surface area contributed by atoms with Crippen molar-refractivity contribution >= 4 is 9.76 Å². The maximum Gasteiger partial charge on any atom is 0.171 e. The van der Waals surface area contributed by atoms with Crippen molar-refractivity contribution in [2.75, 3.05) is 7.11 Å². The number of rotatable bonds is 2. The molecule has 44 valence electrons. The van der Waals surface area contributed by atoms with Crippen molar-refractivity contribution in [3.05, 3.63) is 24.3 Å². The molecule has 0 aliphatic heterocycles. The summed E-state index contributed by atoms with van der Waals surface area (Å²) in [6.07, 6.45) is 8.54. The Bertz CT molecular complexity index is 106. The Morgan fingerprint density at radius 3 is 2.50 bits per heavy atom. The van der Waals surface area contributed by atoms with Gasteiger partial charge in [-0.25, -0.2) is 0 Å². The molecule has 0 amide bonds. The van der Waals surface area contributed by atoms with Gasteiger partial charge in [-0.1, -0.05) is 24.3 Å². The van der Waals surface area contributed by atoms with Gasteiger partial charge in [-0.2, -0.15) is 0 Å². The minimum absolute atomic E-state index is 0.275. The molecule has 0 aromatic carbocycles. The summed E-state index contributed by atoms with van der Waals surface area (Å²) in [4.78, 5) is 0. The van der Waals surface area contributed by atoms with Crippen molar-refractivity contribution in [1.29, 1.82) is 0 Å². The van der Waals surface area contributed by atoms with E-state index in [1.165, 1.54) is 0 Å². The van der Waals surface area contributed by atoms with Gasteiger partial charge >= 0.3 is 0 Å². The second-order valence-electron chi connectivity index (χ2n) is 1.89. The summed E-state index contributed by atoms with van der Waals surface area (Å²) in [5.74, 6) is 0. The predicted molar refractivity (Wildman–Crippen MR) is 37.6 cm³/mol. The van der Waals surface area contributed by atoms with Crippen LogP contribution < -0.4 is 0 Å². The zero-order valence-corrected chi connectivity index (χ0v) is 6.42. The largest absolute Gasteiger partial charge is 0.426 e. The molecule has 0 spiro atoms. The summed E-state index contributed by atoms with van der Waals surface area (Å²) in [5.41, 5.74) is 0.667. The predicted octanol–water partition coefficient (Wildman–Crippen LogP) is 0.631. The van der Waals surface area contributed by atoms with Crippen molar-refractivity contribution in [1.82, 2.24) is 0 Å². The highest BCUT2D eigenvalue weighted by molar-refractivity contribution is 6.31. The molecule has 8 heavy (non-hydrogen) atoms. The molecule has 0 unspecified atom stereocenters. The molecule has 1 rings (SSSR count). The maximum absolute atomic E-state index is 5.06. The summed E-state index contributed by atoms with van der Waals surface area (Å²) >= 11 is 0. The van der Waals surface area contributed by atoms with Gasteiger partial charge in [0.05, 0.1) is 0 Å². The lowest BCUT2D eigenvalue weighted by atomic mass is 10.5. The van der Waals surface area contributed by atoms with Crippen LogP contribution in [0.15, 0.2) is 24.3 Å². The fraction of sp³-hybridized carbons (Fsp3) is 0.333. The van der Waals surface area contributed by atoms with Crippen LogP contribution in [0.25, 0.3) is 0 Å². The van der Waals surface area contributed by atoms with Crippen LogP contribution in [0.2, 0.25) is 5.54 Å². The first kappa shape index (κ1) is 5.79. The van der Waals surface area contributed by atoms with E-state index in [9.17, 15) is 0 Å². The van der Waals surface area contributed by atoms with Gasteiger partial charge in [-0.15, -0.1) is 0 Å². The first-order chi connectivity index (χ1) is 3.93. The summed E-state index contributed by atoms with van der Waals surface area (Å²) in [6.45, 7) is 0. The average molecular weight is 126 g/mol. The first-order valence-electron chi connectivity index (χ1n) is 2.77. The Kier molecular flexibility index (Phi) is 2.06. The molecule has 1 aliphatic carbocycles. The van der Waals surface area contributed by atoms with Crippen LogP contribution in [0.5, 0.6) is 0 Å². The van der Waals surface area contributed by atoms with Crippen LogP contribution in [0.4, 0.5) is 0 Å². The summed E-state index contributed by atoms with van der Waals surface area (Å²) in [6, 6.07) is 0. The molecular weight excluding hydrogens is 116 g/mol. The van der Waals surface area contributed by atoms with Crippen LogP contribution in [-0.2, 0) is 4.43 Å². The van der Waals surface area contributed by atoms with E-state index in [0.29, 0.717) is 5.54 Å². The van der Waals surface area contributed by atoms with Crippen molar-refractivity contribution in [3.8, 4) is 0 Å². The van der Waals surface area contributed by atoms with E-state index < -0.39 is 0 Å². The van der Waals surface area contributed by atoms with E-state index in [2.05, 4.69) is 24.3 Å². The molecule has 0 saturated heterocycles. The highest BCUT2D eigenvalue weighted by Crippen LogP contribution is 2.12. The highest BCUT2D eigenvalue weighted by atomic mass is 28.2. The van der Waals surface area contributed by atoms with Gasteiger partial charge in [-0.3, -0.25) is 0 Å². The topological polar surface area (TPSA) is 9.23 Å². The second-order valence-corrected chi connectivity index (χ2v) is 3.74. The molecule has 2 heteroatoms. The lowest BCUT2D eigenvalue weighted by molar-refractivity contribution is 0.439. The maximum atomic E-state index is 5.06. The van der Waals surface area contributed by atoms with Crippen LogP contribution in [0.1, 0.15) is 0 Å². The van der Waals surface area contributed by atoms with Gasteiger partial charge in [-0.05, 0) is 0 Å². The van der Waals surface area contributed by atoms with Crippen molar-refractivity contribution in [2.24, 2.45) is 0 Å². The van der Waals surface area contributed by atoms with Crippen LogP contribution in [0.3, 0.4) is 0 Å². The number of allylic oxidation sites excluding steroid dienone is 4. The molecule has 0 atom stereocenters. The third kappa shape index (κ3) is 1.32. The minimum Gasteiger partial charge on any atom is -0.426 e. The van der Waals surface area contributed by atoms with Gasteiger partial charge in [0.1, 0.15) is 0 Å². The molecule has 0 bridgehead atoms. The summed E-state index contributed by atoms with van der Waals surface area (Å²) in [7, 11) is 1.51. The van der Waals surface area contributed by atoms with Gasteiger partial charge in [0.2, 0.25) is 0 Å². The molecule has 0 heterocycles. The zero-order valence-electron chi connectivity index (χ0n) is 5.00. The summed E-state index contributed by atoms with van der Waals surface area (Å²) < 4.78 is 5.06. The third-order valence-corrected chi connectivity index (χ3v) is 2.45. The van der Waals surface area contributed by atoms with Gasteiger partial charge < -0.3 is 4.43 Å². The molecule has 0 aromatic rings. The Hall–Kier alpha value is -0.343. The van der Waals surface area contributed by atoms with Crippen LogP contribution in [-0.4, -0.2) is 16.9 Å². The fourth-order valence-corrected chi connectivity index (χ4v) is 1.70. The molecule has 0 N–H and O–H groups in total. The number of hydrogen-bond acceptors (Lipinski definition) is 1. The van der Waals surface area contributed by atoms with Gasteiger partial charge in [0, 0.05) is 12.7 Å². The second kappa shape index (κ2) is 2.84. The van der Waals surface area contributed by atoms with E-state index in [1.54, 1.807) is 7.11 Å². The van der Waals surface area contributed by atoms with Crippen molar-refractivity contribution in [2.45, 2.75) is 5.54 Å². The summed E-state index contributed by atoms with van der Waals surface area (Å²) in [5, 5.41) is 0. The first-order valence-corrected chi connectivity index (χ1v) is 4.17. The molecule has 0 fully saturated rings. The molecule has 0 radical (unpaired) electrons. The zero-order chi connectivity index (χ0) is 5.82. The Balaban J connectivity index is 2.27. The molecule has 0 saturated carbocycles. The highest BCUT2D eigenvalue weighted by Gasteiger charge is 2.01. The van der Waals surface area contributed by atoms with Gasteiger partial charge in [0.25, 0.3) is 0 Å². The molecule has 0 aromatic heterocycles. The normalized spacial score (nSPS) is 19.6. The van der Waals surface area contributed by atoms with E-state index >= 15 is 0 Å². The minimum atomic E-state index is -0.275. The Morgan fingerprint density at radius 2 is 2.00 bits per heavy atom. The van der Waals surface area contributed by atoms with E-state index in [0.717, 1.165) is 0 Å². The average Bonchev–Trinajstić information content (AvgIpc) is 2.19. The van der Waals surface area contributed by atoms with Crippen molar-refractivity contribution < 1.29 is 4.43 Å². The lowest BCUT2D eigenvalue weighted by Crippen LogP contribution is -1.97. The monoisotopic (exact) mass is 126 g/mol. The third-order valence-electron chi connectivity index (χ3n) is 1.19. The standard InChI is InChI=1S/C6H10OSi/c1-7-8-6-4-2-3-5-6/h2-6H,8H2,1H3. The van der Waals surface area contributed by atoms with E-state index in [-0.39, 0.29) is 9.76 Å².